The fraction of sp³-hybridized carbons (Fsp3) is 0.600. The molecule has 1 unspecified atom stereocenters. The van der Waals surface area contributed by atoms with E-state index in [1.54, 1.807) is 30.2 Å². The van der Waals surface area contributed by atoms with Crippen molar-refractivity contribution in [2.45, 2.75) is 38.7 Å². The zero-order valence-electron chi connectivity index (χ0n) is 12.2. The molecule has 1 fully saturated rings. The molecule has 0 spiro atoms. The summed E-state index contributed by atoms with van der Waals surface area (Å²) in [6, 6.07) is 3.50. The second kappa shape index (κ2) is 6.22. The van der Waals surface area contributed by atoms with Crippen LogP contribution in [0.4, 0.5) is 5.82 Å². The summed E-state index contributed by atoms with van der Waals surface area (Å²) < 4.78 is 0. The highest BCUT2D eigenvalue weighted by atomic mass is 16.3. The van der Waals surface area contributed by atoms with Crippen LogP contribution in [-0.4, -0.2) is 46.1 Å². The fourth-order valence-electron chi connectivity index (χ4n) is 2.49. The van der Waals surface area contributed by atoms with Crippen molar-refractivity contribution in [2.24, 2.45) is 0 Å². The average molecular weight is 277 g/mol. The number of aliphatic hydroxyl groups is 1. The van der Waals surface area contributed by atoms with E-state index in [9.17, 15) is 9.90 Å². The van der Waals surface area contributed by atoms with Gasteiger partial charge < -0.3 is 15.3 Å². The Bertz CT molecular complexity index is 474. The number of anilines is 1. The summed E-state index contributed by atoms with van der Waals surface area (Å²) in [4.78, 5) is 18.4. The topological polar surface area (TPSA) is 65.5 Å². The van der Waals surface area contributed by atoms with Crippen molar-refractivity contribution in [3.8, 4) is 0 Å². The van der Waals surface area contributed by atoms with Gasteiger partial charge in [0.15, 0.2) is 0 Å². The standard InChI is InChI=1S/C15H23N3O2/c1-3-7-16-13-10-12(5-8-17-13)14(19)18-9-4-6-15(2,20)11-18/h5,8,10,20H,3-4,6-7,9,11H2,1-2H3,(H,16,17). The lowest BCUT2D eigenvalue weighted by atomic mass is 9.95. The summed E-state index contributed by atoms with van der Waals surface area (Å²) in [6.07, 6.45) is 4.24. The van der Waals surface area contributed by atoms with Gasteiger partial charge in [0, 0.05) is 31.4 Å². The number of hydrogen-bond donors (Lipinski definition) is 2. The zero-order chi connectivity index (χ0) is 14.6. The lowest BCUT2D eigenvalue weighted by Gasteiger charge is -2.36. The van der Waals surface area contributed by atoms with Crippen LogP contribution < -0.4 is 5.32 Å². The molecule has 2 rings (SSSR count). The minimum Gasteiger partial charge on any atom is -0.388 e. The smallest absolute Gasteiger partial charge is 0.254 e. The van der Waals surface area contributed by atoms with Gasteiger partial charge in [0.25, 0.3) is 5.91 Å². The van der Waals surface area contributed by atoms with Crippen molar-refractivity contribution in [1.29, 1.82) is 0 Å². The highest BCUT2D eigenvalue weighted by molar-refractivity contribution is 5.95. The Balaban J connectivity index is 2.08. The highest BCUT2D eigenvalue weighted by Crippen LogP contribution is 2.22. The van der Waals surface area contributed by atoms with Gasteiger partial charge in [-0.1, -0.05) is 6.92 Å². The number of hydrogen-bond acceptors (Lipinski definition) is 4. The Morgan fingerprint density at radius 1 is 1.60 bits per heavy atom. The lowest BCUT2D eigenvalue weighted by Crippen LogP contribution is -2.48. The lowest BCUT2D eigenvalue weighted by molar-refractivity contribution is -0.0107. The molecule has 0 aliphatic carbocycles. The van der Waals surface area contributed by atoms with Crippen LogP contribution in [-0.2, 0) is 0 Å². The Kier molecular flexibility index (Phi) is 4.60. The van der Waals surface area contributed by atoms with E-state index in [2.05, 4.69) is 17.2 Å². The molecule has 20 heavy (non-hydrogen) atoms. The Labute approximate surface area is 120 Å². The van der Waals surface area contributed by atoms with Crippen molar-refractivity contribution in [1.82, 2.24) is 9.88 Å². The van der Waals surface area contributed by atoms with Gasteiger partial charge in [-0.25, -0.2) is 4.98 Å². The quantitative estimate of drug-likeness (QED) is 0.882. The molecule has 1 aliphatic heterocycles. The number of nitrogens with one attached hydrogen (secondary N) is 1. The first kappa shape index (κ1) is 14.8. The average Bonchev–Trinajstić information content (AvgIpc) is 2.43. The van der Waals surface area contributed by atoms with E-state index < -0.39 is 5.60 Å². The maximum atomic E-state index is 12.5. The molecular weight excluding hydrogens is 254 g/mol. The summed E-state index contributed by atoms with van der Waals surface area (Å²) in [6.45, 7) is 5.80. The van der Waals surface area contributed by atoms with Crippen molar-refractivity contribution in [3.05, 3.63) is 23.9 Å². The van der Waals surface area contributed by atoms with Gasteiger partial charge in [0.1, 0.15) is 5.82 Å². The van der Waals surface area contributed by atoms with Crippen LogP contribution >= 0.6 is 0 Å². The van der Waals surface area contributed by atoms with Gasteiger partial charge in [0.05, 0.1) is 5.60 Å². The maximum absolute atomic E-state index is 12.5. The maximum Gasteiger partial charge on any atom is 0.254 e. The van der Waals surface area contributed by atoms with E-state index in [4.69, 9.17) is 0 Å². The largest absolute Gasteiger partial charge is 0.388 e. The zero-order valence-corrected chi connectivity index (χ0v) is 12.2. The third-order valence-electron chi connectivity index (χ3n) is 3.53. The van der Waals surface area contributed by atoms with E-state index in [0.29, 0.717) is 18.7 Å². The summed E-state index contributed by atoms with van der Waals surface area (Å²) >= 11 is 0. The third kappa shape index (κ3) is 3.70. The number of rotatable bonds is 4. The molecule has 110 valence electrons. The first-order valence-electron chi connectivity index (χ1n) is 7.23. The second-order valence-electron chi connectivity index (χ2n) is 5.68. The highest BCUT2D eigenvalue weighted by Gasteiger charge is 2.31. The van der Waals surface area contributed by atoms with Crippen LogP contribution in [0.15, 0.2) is 18.3 Å². The molecule has 0 saturated carbocycles. The van der Waals surface area contributed by atoms with Crippen LogP contribution in [0.25, 0.3) is 0 Å². The molecule has 0 aromatic carbocycles. The molecule has 1 aromatic rings. The Morgan fingerprint density at radius 2 is 2.40 bits per heavy atom. The summed E-state index contributed by atoms with van der Waals surface area (Å²) in [5, 5.41) is 13.3. The molecular formula is C15H23N3O2. The van der Waals surface area contributed by atoms with Gasteiger partial charge >= 0.3 is 0 Å². The van der Waals surface area contributed by atoms with E-state index in [-0.39, 0.29) is 5.91 Å². The minimum absolute atomic E-state index is 0.0353. The van der Waals surface area contributed by atoms with Gasteiger partial charge in [0.2, 0.25) is 0 Å². The first-order valence-corrected chi connectivity index (χ1v) is 7.23. The van der Waals surface area contributed by atoms with E-state index in [1.165, 1.54) is 0 Å². The predicted molar refractivity (Wildman–Crippen MR) is 78.8 cm³/mol. The molecule has 1 aliphatic rings. The predicted octanol–water partition coefficient (Wildman–Crippen LogP) is 1.89. The van der Waals surface area contributed by atoms with Crippen LogP contribution in [0.5, 0.6) is 0 Å². The summed E-state index contributed by atoms with van der Waals surface area (Å²) in [7, 11) is 0. The fourth-order valence-corrected chi connectivity index (χ4v) is 2.49. The van der Waals surface area contributed by atoms with Crippen LogP contribution in [0.2, 0.25) is 0 Å². The number of aromatic nitrogens is 1. The Morgan fingerprint density at radius 3 is 3.10 bits per heavy atom. The van der Waals surface area contributed by atoms with Crippen molar-refractivity contribution < 1.29 is 9.90 Å². The number of carbonyl (C=O) groups is 1. The van der Waals surface area contributed by atoms with Gasteiger partial charge in [-0.3, -0.25) is 4.79 Å². The number of β-amino-alcohol motifs (C(OH)–C–C–N with tert-alkyl or cyclic N) is 1. The van der Waals surface area contributed by atoms with Crippen molar-refractivity contribution in [3.63, 3.8) is 0 Å². The van der Waals surface area contributed by atoms with E-state index in [0.717, 1.165) is 31.6 Å². The van der Waals surface area contributed by atoms with Gasteiger partial charge in [-0.2, -0.15) is 0 Å². The molecule has 1 amide bonds. The molecule has 1 atom stereocenters. The summed E-state index contributed by atoms with van der Waals surface area (Å²) in [5.41, 5.74) is -0.152. The SMILES string of the molecule is CCCNc1cc(C(=O)N2CCCC(C)(O)C2)ccn1. The molecule has 1 saturated heterocycles. The van der Waals surface area contributed by atoms with Crippen molar-refractivity contribution in [2.75, 3.05) is 25.0 Å². The van der Waals surface area contributed by atoms with Crippen molar-refractivity contribution >= 4 is 11.7 Å². The van der Waals surface area contributed by atoms with Gasteiger partial charge in [-0.05, 0) is 38.3 Å². The third-order valence-corrected chi connectivity index (χ3v) is 3.53. The molecule has 2 N–H and O–H groups in total. The normalized spacial score (nSPS) is 22.6. The first-order chi connectivity index (χ1) is 9.52. The number of likely N-dealkylation sites (tertiary alicyclic amines) is 1. The Hall–Kier alpha value is -1.62. The minimum atomic E-state index is -0.774. The van der Waals surface area contributed by atoms with Crippen LogP contribution in [0, 0.1) is 0 Å². The molecule has 0 radical (unpaired) electrons. The number of pyridine rings is 1. The summed E-state index contributed by atoms with van der Waals surface area (Å²) in [5.74, 6) is 0.688. The monoisotopic (exact) mass is 277 g/mol. The molecule has 0 bridgehead atoms. The molecule has 5 heteroatoms. The number of carbonyl (C=O) groups excluding carboxylic acids is 1. The van der Waals surface area contributed by atoms with Crippen LogP contribution in [0.1, 0.15) is 43.5 Å². The molecule has 1 aromatic heterocycles. The van der Waals surface area contributed by atoms with E-state index in [1.807, 2.05) is 0 Å². The second-order valence-corrected chi connectivity index (χ2v) is 5.68. The molecule has 2 heterocycles. The molecule has 5 nitrogen and oxygen atoms in total. The number of piperidine rings is 1. The van der Waals surface area contributed by atoms with Gasteiger partial charge in [-0.15, -0.1) is 0 Å². The van der Waals surface area contributed by atoms with Crippen LogP contribution in [0.3, 0.4) is 0 Å². The number of nitrogens with zero attached hydrogens (tertiary/aromatic N) is 2. The number of amides is 1. The van der Waals surface area contributed by atoms with E-state index >= 15 is 0 Å².